The number of ketones is 1. The van der Waals surface area contributed by atoms with Crippen LogP contribution in [0.2, 0.25) is 0 Å². The Morgan fingerprint density at radius 1 is 1.33 bits per heavy atom. The maximum absolute atomic E-state index is 11.7. The van der Waals surface area contributed by atoms with Crippen molar-refractivity contribution in [2.75, 3.05) is 5.32 Å². The Bertz CT molecular complexity index is 675. The first kappa shape index (κ1) is 15.0. The molecule has 1 aromatic carbocycles. The van der Waals surface area contributed by atoms with Crippen LogP contribution < -0.4 is 5.32 Å². The van der Waals surface area contributed by atoms with Crippen LogP contribution in [-0.4, -0.2) is 10.8 Å². The van der Waals surface area contributed by atoms with Crippen molar-refractivity contribution in [3.63, 3.8) is 0 Å². The van der Waals surface area contributed by atoms with Crippen molar-refractivity contribution in [1.29, 1.82) is 0 Å². The predicted molar refractivity (Wildman–Crippen MR) is 88.1 cm³/mol. The summed E-state index contributed by atoms with van der Waals surface area (Å²) in [5.74, 6) is 1.06. The Kier molecular flexibility index (Phi) is 4.53. The number of hydrogen-bond donors (Lipinski definition) is 1. The van der Waals surface area contributed by atoms with Crippen molar-refractivity contribution < 1.29 is 4.79 Å². The molecule has 0 unspecified atom stereocenters. The topological polar surface area (TPSA) is 42.0 Å². The van der Waals surface area contributed by atoms with Crippen molar-refractivity contribution in [2.24, 2.45) is 0 Å². The lowest BCUT2D eigenvalue weighted by atomic mass is 9.97. The zero-order valence-corrected chi connectivity index (χ0v) is 12.7. The van der Waals surface area contributed by atoms with Gasteiger partial charge in [0.15, 0.2) is 5.78 Å². The first-order valence-electron chi connectivity index (χ1n) is 7.01. The molecule has 0 saturated heterocycles. The molecular weight excluding hydrogens is 260 g/mol. The van der Waals surface area contributed by atoms with Gasteiger partial charge in [-0.15, -0.1) is 0 Å². The van der Waals surface area contributed by atoms with Crippen LogP contribution in [0.5, 0.6) is 0 Å². The summed E-state index contributed by atoms with van der Waals surface area (Å²) in [5.41, 5.74) is 3.70. The van der Waals surface area contributed by atoms with Gasteiger partial charge in [0.2, 0.25) is 0 Å². The maximum atomic E-state index is 11.7. The van der Waals surface area contributed by atoms with Gasteiger partial charge >= 0.3 is 0 Å². The van der Waals surface area contributed by atoms with Gasteiger partial charge in [-0.05, 0) is 42.2 Å². The molecule has 0 fully saturated rings. The normalized spacial score (nSPS) is 10.5. The molecule has 0 aliphatic carbocycles. The molecule has 1 heterocycles. The predicted octanol–water partition coefficient (Wildman–Crippen LogP) is 4.79. The summed E-state index contributed by atoms with van der Waals surface area (Å²) in [6.07, 6.45) is 3.45. The first-order chi connectivity index (χ1) is 10.0. The molecule has 3 nitrogen and oxygen atoms in total. The second-order valence-corrected chi connectivity index (χ2v) is 5.32. The molecule has 1 N–H and O–H groups in total. The fourth-order valence-corrected chi connectivity index (χ4v) is 2.20. The molecule has 0 spiro atoms. The molecule has 0 saturated carbocycles. The summed E-state index contributed by atoms with van der Waals surface area (Å²) in [4.78, 5) is 16.0. The SMILES string of the molecule is C=Cc1cccc(Nc2cc(C(C)C)c(C(C)=O)cn2)c1. The summed E-state index contributed by atoms with van der Waals surface area (Å²) < 4.78 is 0. The molecule has 2 aromatic rings. The summed E-state index contributed by atoms with van der Waals surface area (Å²) >= 11 is 0. The Balaban J connectivity index is 2.34. The minimum Gasteiger partial charge on any atom is -0.340 e. The van der Waals surface area contributed by atoms with Crippen LogP contribution in [-0.2, 0) is 0 Å². The molecule has 2 rings (SSSR count). The third kappa shape index (κ3) is 3.57. The van der Waals surface area contributed by atoms with Crippen LogP contribution in [0.1, 0.15) is 48.2 Å². The fraction of sp³-hybridized carbons (Fsp3) is 0.222. The van der Waals surface area contributed by atoms with E-state index in [9.17, 15) is 4.79 Å². The zero-order valence-electron chi connectivity index (χ0n) is 12.7. The lowest BCUT2D eigenvalue weighted by Crippen LogP contribution is -2.04. The van der Waals surface area contributed by atoms with Crippen LogP contribution in [0.4, 0.5) is 11.5 Å². The molecule has 108 valence electrons. The number of rotatable bonds is 5. The number of benzene rings is 1. The van der Waals surface area contributed by atoms with Crippen LogP contribution in [0, 0.1) is 0 Å². The first-order valence-corrected chi connectivity index (χ1v) is 7.01. The monoisotopic (exact) mass is 280 g/mol. The summed E-state index contributed by atoms with van der Waals surface area (Å²) in [6, 6.07) is 9.88. The molecule has 3 heteroatoms. The number of nitrogens with zero attached hydrogens (tertiary/aromatic N) is 1. The lowest BCUT2D eigenvalue weighted by Gasteiger charge is -2.13. The van der Waals surface area contributed by atoms with Crippen LogP contribution >= 0.6 is 0 Å². The molecule has 0 aliphatic heterocycles. The molecule has 0 bridgehead atoms. The third-order valence-corrected chi connectivity index (χ3v) is 3.33. The van der Waals surface area contributed by atoms with Gasteiger partial charge in [0.1, 0.15) is 5.82 Å². The van der Waals surface area contributed by atoms with Crippen molar-refractivity contribution in [2.45, 2.75) is 26.7 Å². The highest BCUT2D eigenvalue weighted by Gasteiger charge is 2.12. The fourth-order valence-electron chi connectivity index (χ4n) is 2.20. The second-order valence-electron chi connectivity index (χ2n) is 5.32. The van der Waals surface area contributed by atoms with Crippen molar-refractivity contribution in [3.8, 4) is 0 Å². The highest BCUT2D eigenvalue weighted by molar-refractivity contribution is 5.95. The minimum absolute atomic E-state index is 0.0476. The van der Waals surface area contributed by atoms with Crippen LogP contribution in [0.3, 0.4) is 0 Å². The Morgan fingerprint density at radius 3 is 2.71 bits per heavy atom. The largest absolute Gasteiger partial charge is 0.340 e. The number of nitrogens with one attached hydrogen (secondary N) is 1. The molecular formula is C18H20N2O. The van der Waals surface area contributed by atoms with E-state index in [1.54, 1.807) is 19.2 Å². The molecule has 0 aliphatic rings. The van der Waals surface area contributed by atoms with E-state index in [-0.39, 0.29) is 11.7 Å². The molecule has 0 atom stereocenters. The van der Waals surface area contributed by atoms with Gasteiger partial charge in [-0.25, -0.2) is 4.98 Å². The number of carbonyl (C=O) groups excluding carboxylic acids is 1. The van der Waals surface area contributed by atoms with Crippen LogP contribution in [0.15, 0.2) is 43.1 Å². The van der Waals surface area contributed by atoms with Gasteiger partial charge in [-0.2, -0.15) is 0 Å². The Hall–Kier alpha value is -2.42. The molecule has 21 heavy (non-hydrogen) atoms. The van der Waals surface area contributed by atoms with E-state index >= 15 is 0 Å². The number of pyridine rings is 1. The van der Waals surface area contributed by atoms with E-state index < -0.39 is 0 Å². The van der Waals surface area contributed by atoms with E-state index in [2.05, 4.69) is 30.7 Å². The molecule has 1 aromatic heterocycles. The highest BCUT2D eigenvalue weighted by Crippen LogP contribution is 2.24. The number of anilines is 2. The van der Waals surface area contributed by atoms with Crippen molar-refractivity contribution >= 4 is 23.4 Å². The van der Waals surface area contributed by atoms with Crippen molar-refractivity contribution in [1.82, 2.24) is 4.98 Å². The van der Waals surface area contributed by atoms with Gasteiger partial charge in [0, 0.05) is 17.4 Å². The van der Waals surface area contributed by atoms with Gasteiger partial charge in [-0.3, -0.25) is 4.79 Å². The number of Topliss-reactive ketones (excluding diaryl/α,β-unsaturated/α-hetero) is 1. The quantitative estimate of drug-likeness (QED) is 0.800. The summed E-state index contributed by atoms with van der Waals surface area (Å²) in [7, 11) is 0. The van der Waals surface area contributed by atoms with Gasteiger partial charge in [-0.1, -0.05) is 38.6 Å². The Labute approximate surface area is 125 Å². The van der Waals surface area contributed by atoms with Gasteiger partial charge in [0.25, 0.3) is 0 Å². The average Bonchev–Trinajstić information content (AvgIpc) is 2.47. The standard InChI is InChI=1S/C18H20N2O/c1-5-14-7-6-8-15(9-14)20-18-10-16(12(2)3)17(11-19-18)13(4)21/h5-12H,1H2,2-4H3,(H,19,20). The minimum atomic E-state index is 0.0476. The molecule has 0 amide bonds. The van der Waals surface area contributed by atoms with Gasteiger partial charge < -0.3 is 5.32 Å². The van der Waals surface area contributed by atoms with Crippen molar-refractivity contribution in [3.05, 3.63) is 59.8 Å². The average molecular weight is 280 g/mol. The Morgan fingerprint density at radius 2 is 2.10 bits per heavy atom. The maximum Gasteiger partial charge on any atom is 0.161 e. The van der Waals surface area contributed by atoms with E-state index in [0.29, 0.717) is 5.56 Å². The van der Waals surface area contributed by atoms with Gasteiger partial charge in [0.05, 0.1) is 0 Å². The second kappa shape index (κ2) is 6.35. The van der Waals surface area contributed by atoms with E-state index in [4.69, 9.17) is 0 Å². The zero-order chi connectivity index (χ0) is 15.4. The molecule has 0 radical (unpaired) electrons. The van der Waals surface area contributed by atoms with E-state index in [1.165, 1.54) is 0 Å². The number of hydrogen-bond acceptors (Lipinski definition) is 3. The smallest absolute Gasteiger partial charge is 0.161 e. The lowest BCUT2D eigenvalue weighted by molar-refractivity contribution is 0.101. The number of aromatic nitrogens is 1. The van der Waals surface area contributed by atoms with E-state index in [0.717, 1.165) is 22.6 Å². The summed E-state index contributed by atoms with van der Waals surface area (Å²) in [6.45, 7) is 9.49. The highest BCUT2D eigenvalue weighted by atomic mass is 16.1. The number of carbonyl (C=O) groups is 1. The van der Waals surface area contributed by atoms with Crippen LogP contribution in [0.25, 0.3) is 6.08 Å². The summed E-state index contributed by atoms with van der Waals surface area (Å²) in [5, 5.41) is 3.27. The van der Waals surface area contributed by atoms with E-state index in [1.807, 2.05) is 30.3 Å². The third-order valence-electron chi connectivity index (χ3n) is 3.33.